The Kier molecular flexibility index (Phi) is 3.54. The van der Waals surface area contributed by atoms with Gasteiger partial charge in [-0.05, 0) is 26.7 Å². The first-order chi connectivity index (χ1) is 6.16. The largest absolute Gasteiger partial charge is 0.450 e. The molecule has 0 bridgehead atoms. The summed E-state index contributed by atoms with van der Waals surface area (Å²) in [5, 5.41) is 2.81. The van der Waals surface area contributed by atoms with Crippen molar-refractivity contribution in [2.24, 2.45) is 0 Å². The fourth-order valence-electron chi connectivity index (χ4n) is 1.45. The predicted molar refractivity (Wildman–Crippen MR) is 48.6 cm³/mol. The highest BCUT2D eigenvalue weighted by molar-refractivity contribution is 5.68. The molecule has 0 aromatic carbocycles. The van der Waals surface area contributed by atoms with Crippen LogP contribution in [0.15, 0.2) is 0 Å². The maximum Gasteiger partial charge on any atom is 0.407 e. The maximum absolute atomic E-state index is 11.1. The van der Waals surface area contributed by atoms with Gasteiger partial charge in [0.1, 0.15) is 0 Å². The Labute approximate surface area is 78.6 Å². The molecular formula is C9H17NO3. The number of carbonyl (C=O) groups excluding carboxylic acids is 1. The van der Waals surface area contributed by atoms with Crippen LogP contribution in [0.1, 0.15) is 26.7 Å². The summed E-state index contributed by atoms with van der Waals surface area (Å²) in [7, 11) is 0. The molecule has 0 radical (unpaired) electrons. The third kappa shape index (κ3) is 3.22. The molecule has 4 nitrogen and oxygen atoms in total. The van der Waals surface area contributed by atoms with Crippen molar-refractivity contribution in [2.45, 2.75) is 32.2 Å². The van der Waals surface area contributed by atoms with Gasteiger partial charge in [0.15, 0.2) is 0 Å². The van der Waals surface area contributed by atoms with Crippen LogP contribution < -0.4 is 5.32 Å². The predicted octanol–water partition coefficient (Wildman–Crippen LogP) is 1.30. The van der Waals surface area contributed by atoms with E-state index >= 15 is 0 Å². The number of alkyl carbamates (subject to hydrolysis) is 1. The molecule has 1 amide bonds. The van der Waals surface area contributed by atoms with E-state index in [-0.39, 0.29) is 11.6 Å². The van der Waals surface area contributed by atoms with Crippen LogP contribution in [0, 0.1) is 0 Å². The van der Waals surface area contributed by atoms with Crippen LogP contribution in [0.25, 0.3) is 0 Å². The molecule has 1 N–H and O–H groups in total. The molecule has 0 saturated carbocycles. The lowest BCUT2D eigenvalue weighted by atomic mass is 9.95. The summed E-state index contributed by atoms with van der Waals surface area (Å²) in [5.74, 6) is 0. The van der Waals surface area contributed by atoms with Crippen LogP contribution in [0.5, 0.6) is 0 Å². The van der Waals surface area contributed by atoms with Crippen LogP contribution in [0.4, 0.5) is 4.79 Å². The van der Waals surface area contributed by atoms with E-state index in [9.17, 15) is 4.79 Å². The highest BCUT2D eigenvalue weighted by atomic mass is 16.5. The zero-order valence-corrected chi connectivity index (χ0v) is 8.26. The number of ether oxygens (including phenoxy) is 2. The summed E-state index contributed by atoms with van der Waals surface area (Å²) >= 11 is 0. The van der Waals surface area contributed by atoms with Crippen molar-refractivity contribution < 1.29 is 14.3 Å². The summed E-state index contributed by atoms with van der Waals surface area (Å²) in [6, 6.07) is 0. The molecule has 0 aliphatic carbocycles. The van der Waals surface area contributed by atoms with Gasteiger partial charge < -0.3 is 14.8 Å². The summed E-state index contributed by atoms with van der Waals surface area (Å²) in [6.07, 6.45) is 1.59. The smallest absolute Gasteiger partial charge is 0.407 e. The highest BCUT2D eigenvalue weighted by Gasteiger charge is 2.29. The van der Waals surface area contributed by atoms with Crippen LogP contribution in [0.3, 0.4) is 0 Å². The Balaban J connectivity index is 2.36. The highest BCUT2D eigenvalue weighted by Crippen LogP contribution is 2.18. The molecule has 76 valence electrons. The Morgan fingerprint density at radius 3 is 3.00 bits per heavy atom. The second-order valence-corrected chi connectivity index (χ2v) is 3.56. The van der Waals surface area contributed by atoms with E-state index in [0.29, 0.717) is 13.2 Å². The summed E-state index contributed by atoms with van der Waals surface area (Å²) < 4.78 is 10.1. The lowest BCUT2D eigenvalue weighted by molar-refractivity contribution is 0.0265. The number of hydrogen-bond acceptors (Lipinski definition) is 3. The van der Waals surface area contributed by atoms with E-state index in [1.54, 1.807) is 6.92 Å². The molecule has 4 heteroatoms. The van der Waals surface area contributed by atoms with Crippen molar-refractivity contribution in [3.05, 3.63) is 0 Å². The van der Waals surface area contributed by atoms with Crippen LogP contribution in [-0.2, 0) is 9.47 Å². The van der Waals surface area contributed by atoms with E-state index in [0.717, 1.165) is 19.4 Å². The molecular weight excluding hydrogens is 170 g/mol. The molecule has 1 fully saturated rings. The number of amides is 1. The van der Waals surface area contributed by atoms with Crippen LogP contribution >= 0.6 is 0 Å². The minimum absolute atomic E-state index is 0.246. The molecule has 1 rings (SSSR count). The fourth-order valence-corrected chi connectivity index (χ4v) is 1.45. The molecule has 1 atom stereocenters. The topological polar surface area (TPSA) is 47.6 Å². The van der Waals surface area contributed by atoms with Gasteiger partial charge in [-0.25, -0.2) is 4.79 Å². The second-order valence-electron chi connectivity index (χ2n) is 3.56. The quantitative estimate of drug-likeness (QED) is 0.708. The molecule has 0 aromatic heterocycles. The molecule has 1 saturated heterocycles. The lowest BCUT2D eigenvalue weighted by Gasteiger charge is -2.33. The third-order valence-corrected chi connectivity index (χ3v) is 2.12. The average molecular weight is 187 g/mol. The van der Waals surface area contributed by atoms with Crippen molar-refractivity contribution >= 4 is 6.09 Å². The van der Waals surface area contributed by atoms with Gasteiger partial charge >= 0.3 is 6.09 Å². The van der Waals surface area contributed by atoms with Crippen molar-refractivity contribution in [3.8, 4) is 0 Å². The van der Waals surface area contributed by atoms with Crippen LogP contribution in [-0.4, -0.2) is 31.5 Å². The lowest BCUT2D eigenvalue weighted by Crippen LogP contribution is -2.51. The normalized spacial score (nSPS) is 28.2. The standard InChI is InChI=1S/C9H17NO3/c1-3-13-8(11)10-9(2)5-4-6-12-7-9/h3-7H2,1-2H3,(H,10,11). The average Bonchev–Trinajstić information content (AvgIpc) is 2.04. The SMILES string of the molecule is CCOC(=O)NC1(C)CCCOC1. The van der Waals surface area contributed by atoms with Crippen LogP contribution in [0.2, 0.25) is 0 Å². The van der Waals surface area contributed by atoms with E-state index in [1.165, 1.54) is 0 Å². The van der Waals surface area contributed by atoms with Crippen molar-refractivity contribution in [3.63, 3.8) is 0 Å². The van der Waals surface area contributed by atoms with Gasteiger partial charge in [-0.15, -0.1) is 0 Å². The van der Waals surface area contributed by atoms with Crippen molar-refractivity contribution in [1.82, 2.24) is 5.32 Å². The molecule has 0 spiro atoms. The monoisotopic (exact) mass is 187 g/mol. The number of nitrogens with one attached hydrogen (secondary N) is 1. The second kappa shape index (κ2) is 4.46. The fraction of sp³-hybridized carbons (Fsp3) is 0.889. The van der Waals surface area contributed by atoms with E-state index < -0.39 is 0 Å². The van der Waals surface area contributed by atoms with Gasteiger partial charge in [0.2, 0.25) is 0 Å². The first-order valence-electron chi connectivity index (χ1n) is 4.69. The molecule has 1 aliphatic heterocycles. The van der Waals surface area contributed by atoms with Gasteiger partial charge in [-0.3, -0.25) is 0 Å². The maximum atomic E-state index is 11.1. The van der Waals surface area contributed by atoms with E-state index in [4.69, 9.17) is 9.47 Å². The van der Waals surface area contributed by atoms with Gasteiger partial charge in [-0.1, -0.05) is 0 Å². The molecule has 1 aliphatic rings. The molecule has 0 aromatic rings. The number of rotatable bonds is 2. The Morgan fingerprint density at radius 1 is 1.69 bits per heavy atom. The Hall–Kier alpha value is -0.770. The van der Waals surface area contributed by atoms with Gasteiger partial charge in [-0.2, -0.15) is 0 Å². The van der Waals surface area contributed by atoms with E-state index in [1.807, 2.05) is 6.92 Å². The minimum atomic E-state index is -0.351. The molecule has 1 unspecified atom stereocenters. The number of hydrogen-bond donors (Lipinski definition) is 1. The molecule has 1 heterocycles. The number of carbonyl (C=O) groups is 1. The van der Waals surface area contributed by atoms with E-state index in [2.05, 4.69) is 5.32 Å². The van der Waals surface area contributed by atoms with Gasteiger partial charge in [0.05, 0.1) is 18.8 Å². The zero-order chi connectivity index (χ0) is 9.73. The first-order valence-corrected chi connectivity index (χ1v) is 4.69. The van der Waals surface area contributed by atoms with Crippen molar-refractivity contribution in [2.75, 3.05) is 19.8 Å². The molecule has 13 heavy (non-hydrogen) atoms. The first kappa shape index (κ1) is 10.3. The Bertz CT molecular complexity index is 176. The van der Waals surface area contributed by atoms with Gasteiger partial charge in [0.25, 0.3) is 0 Å². The zero-order valence-electron chi connectivity index (χ0n) is 8.26. The van der Waals surface area contributed by atoms with Gasteiger partial charge in [0, 0.05) is 6.61 Å². The van der Waals surface area contributed by atoms with Crippen molar-refractivity contribution in [1.29, 1.82) is 0 Å². The third-order valence-electron chi connectivity index (χ3n) is 2.12. The summed E-state index contributed by atoms with van der Waals surface area (Å²) in [4.78, 5) is 11.1. The summed E-state index contributed by atoms with van der Waals surface area (Å²) in [5.41, 5.74) is -0.246. The summed E-state index contributed by atoms with van der Waals surface area (Å²) in [6.45, 7) is 5.54. The minimum Gasteiger partial charge on any atom is -0.450 e. The Morgan fingerprint density at radius 2 is 2.46 bits per heavy atom.